The molecule has 0 amide bonds. The maximum absolute atomic E-state index is 6.19. The van der Waals surface area contributed by atoms with E-state index < -0.39 is 0 Å². The molecule has 0 radical (unpaired) electrons. The minimum absolute atomic E-state index is 0.313. The Morgan fingerprint density at radius 2 is 2.06 bits per heavy atom. The number of thiazole rings is 1. The first-order chi connectivity index (χ1) is 8.86. The molecular weight excluding hydrogens is 246 g/mol. The molecule has 2 aromatic heterocycles. The number of benzene rings is 1. The molecule has 2 N–H and O–H groups in total. The summed E-state index contributed by atoms with van der Waals surface area (Å²) in [5.41, 5.74) is 10.6. The van der Waals surface area contributed by atoms with Gasteiger partial charge in [-0.05, 0) is 12.1 Å². The molecule has 0 saturated heterocycles. The number of nitrogens with two attached hydrogens (primary N) is 1. The molecule has 5 nitrogen and oxygen atoms in total. The van der Waals surface area contributed by atoms with Crippen LogP contribution in [0.15, 0.2) is 47.4 Å². The van der Waals surface area contributed by atoms with Gasteiger partial charge in [-0.25, -0.2) is 9.67 Å². The SMILES string of the molecule is NC(c1cscn1)c1cnnn1-c1ccccc1. The Kier molecular flexibility index (Phi) is 2.87. The van der Waals surface area contributed by atoms with Gasteiger partial charge in [-0.2, -0.15) is 0 Å². The lowest BCUT2D eigenvalue weighted by molar-refractivity contribution is 0.710. The summed E-state index contributed by atoms with van der Waals surface area (Å²) in [6.07, 6.45) is 1.68. The minimum Gasteiger partial charge on any atom is -0.318 e. The van der Waals surface area contributed by atoms with E-state index in [2.05, 4.69) is 15.3 Å². The van der Waals surface area contributed by atoms with Gasteiger partial charge in [0.2, 0.25) is 0 Å². The molecule has 0 aliphatic heterocycles. The zero-order valence-electron chi connectivity index (χ0n) is 9.47. The third kappa shape index (κ3) is 1.92. The summed E-state index contributed by atoms with van der Waals surface area (Å²) in [5.74, 6) is 0. The van der Waals surface area contributed by atoms with Crippen LogP contribution in [0.5, 0.6) is 0 Å². The molecule has 0 spiro atoms. The molecule has 3 rings (SSSR count). The molecule has 1 unspecified atom stereocenters. The van der Waals surface area contributed by atoms with Gasteiger partial charge in [-0.15, -0.1) is 16.4 Å². The standard InChI is InChI=1S/C12H11N5S/c13-12(10-7-18-8-14-10)11-6-15-16-17(11)9-4-2-1-3-5-9/h1-8,12H,13H2. The van der Waals surface area contributed by atoms with Crippen LogP contribution in [0.25, 0.3) is 5.69 Å². The quantitative estimate of drug-likeness (QED) is 0.776. The van der Waals surface area contributed by atoms with Crippen LogP contribution in [0.3, 0.4) is 0 Å². The van der Waals surface area contributed by atoms with Crippen LogP contribution in [0.2, 0.25) is 0 Å². The molecule has 6 heteroatoms. The van der Waals surface area contributed by atoms with E-state index in [9.17, 15) is 0 Å². The zero-order valence-corrected chi connectivity index (χ0v) is 10.3. The Hall–Kier alpha value is -2.05. The Morgan fingerprint density at radius 1 is 1.22 bits per heavy atom. The first kappa shape index (κ1) is 11.1. The van der Waals surface area contributed by atoms with Gasteiger partial charge in [0.15, 0.2) is 0 Å². The molecule has 0 bridgehead atoms. The second-order valence-electron chi connectivity index (χ2n) is 3.80. The molecular formula is C12H11N5S. The Balaban J connectivity index is 2.02. The summed E-state index contributed by atoms with van der Waals surface area (Å²) < 4.78 is 1.74. The summed E-state index contributed by atoms with van der Waals surface area (Å²) in [6.45, 7) is 0. The molecule has 2 heterocycles. The van der Waals surface area contributed by atoms with E-state index in [1.54, 1.807) is 16.4 Å². The van der Waals surface area contributed by atoms with E-state index in [0.717, 1.165) is 17.1 Å². The van der Waals surface area contributed by atoms with Gasteiger partial charge < -0.3 is 5.73 Å². The molecule has 18 heavy (non-hydrogen) atoms. The second-order valence-corrected chi connectivity index (χ2v) is 4.52. The van der Waals surface area contributed by atoms with Crippen molar-refractivity contribution in [3.8, 4) is 5.69 Å². The van der Waals surface area contributed by atoms with Crippen LogP contribution in [-0.4, -0.2) is 20.0 Å². The van der Waals surface area contributed by atoms with Gasteiger partial charge in [-0.3, -0.25) is 0 Å². The highest BCUT2D eigenvalue weighted by Gasteiger charge is 2.17. The molecule has 0 saturated carbocycles. The molecule has 3 aromatic rings. The summed E-state index contributed by atoms with van der Waals surface area (Å²) in [5, 5.41) is 9.96. The van der Waals surface area contributed by atoms with Crippen LogP contribution in [0.1, 0.15) is 17.4 Å². The van der Waals surface area contributed by atoms with Gasteiger partial charge in [0.25, 0.3) is 0 Å². The number of aromatic nitrogens is 4. The van der Waals surface area contributed by atoms with Gasteiger partial charge in [0, 0.05) is 5.38 Å². The Morgan fingerprint density at radius 3 is 2.78 bits per heavy atom. The van der Waals surface area contributed by atoms with Gasteiger partial charge in [-0.1, -0.05) is 23.4 Å². The van der Waals surface area contributed by atoms with Crippen molar-refractivity contribution in [1.82, 2.24) is 20.0 Å². The number of rotatable bonds is 3. The van der Waals surface area contributed by atoms with Crippen LogP contribution in [0.4, 0.5) is 0 Å². The first-order valence-corrected chi connectivity index (χ1v) is 6.40. The predicted octanol–water partition coefficient (Wildman–Crippen LogP) is 1.77. The lowest BCUT2D eigenvalue weighted by atomic mass is 10.2. The lowest BCUT2D eigenvalue weighted by Crippen LogP contribution is -2.17. The highest BCUT2D eigenvalue weighted by atomic mass is 32.1. The molecule has 1 aromatic carbocycles. The van der Waals surface area contributed by atoms with E-state index in [1.165, 1.54) is 11.3 Å². The normalized spacial score (nSPS) is 12.5. The van der Waals surface area contributed by atoms with Crippen LogP contribution < -0.4 is 5.73 Å². The summed E-state index contributed by atoms with van der Waals surface area (Å²) in [4.78, 5) is 4.23. The molecule has 1 atom stereocenters. The third-order valence-corrected chi connectivity index (χ3v) is 3.27. The van der Waals surface area contributed by atoms with Crippen LogP contribution in [0, 0.1) is 0 Å². The van der Waals surface area contributed by atoms with Gasteiger partial charge in [0.05, 0.1) is 34.8 Å². The van der Waals surface area contributed by atoms with Crippen LogP contribution >= 0.6 is 11.3 Å². The smallest absolute Gasteiger partial charge is 0.0926 e. The van der Waals surface area contributed by atoms with E-state index in [4.69, 9.17) is 5.73 Å². The van der Waals surface area contributed by atoms with Crippen molar-refractivity contribution in [3.63, 3.8) is 0 Å². The average Bonchev–Trinajstić information content (AvgIpc) is 3.10. The minimum atomic E-state index is -0.313. The molecule has 0 aliphatic rings. The third-order valence-electron chi connectivity index (χ3n) is 2.67. The lowest BCUT2D eigenvalue weighted by Gasteiger charge is -2.10. The number of para-hydroxylation sites is 1. The fourth-order valence-corrected chi connectivity index (χ4v) is 2.34. The number of hydrogen-bond acceptors (Lipinski definition) is 5. The van der Waals surface area contributed by atoms with E-state index in [1.807, 2.05) is 35.7 Å². The van der Waals surface area contributed by atoms with Crippen molar-refractivity contribution in [3.05, 3.63) is 58.8 Å². The Bertz CT molecular complexity index is 617. The highest BCUT2D eigenvalue weighted by molar-refractivity contribution is 7.07. The topological polar surface area (TPSA) is 69.6 Å². The maximum Gasteiger partial charge on any atom is 0.0926 e. The molecule has 90 valence electrons. The number of nitrogens with zero attached hydrogens (tertiary/aromatic N) is 4. The van der Waals surface area contributed by atoms with Crippen molar-refractivity contribution in [1.29, 1.82) is 0 Å². The summed E-state index contributed by atoms with van der Waals surface area (Å²) >= 11 is 1.53. The van der Waals surface area contributed by atoms with Crippen molar-refractivity contribution >= 4 is 11.3 Å². The predicted molar refractivity (Wildman–Crippen MR) is 69.5 cm³/mol. The maximum atomic E-state index is 6.19. The highest BCUT2D eigenvalue weighted by Crippen LogP contribution is 2.20. The summed E-state index contributed by atoms with van der Waals surface area (Å²) in [6, 6.07) is 9.48. The van der Waals surface area contributed by atoms with E-state index >= 15 is 0 Å². The van der Waals surface area contributed by atoms with Crippen molar-refractivity contribution < 1.29 is 0 Å². The fourth-order valence-electron chi connectivity index (χ4n) is 1.75. The van der Waals surface area contributed by atoms with Gasteiger partial charge in [0.1, 0.15) is 0 Å². The number of hydrogen-bond donors (Lipinski definition) is 1. The molecule has 0 aliphatic carbocycles. The monoisotopic (exact) mass is 257 g/mol. The first-order valence-electron chi connectivity index (χ1n) is 5.46. The average molecular weight is 257 g/mol. The van der Waals surface area contributed by atoms with Crippen molar-refractivity contribution in [2.24, 2.45) is 5.73 Å². The zero-order chi connectivity index (χ0) is 12.4. The fraction of sp³-hybridized carbons (Fsp3) is 0.0833. The van der Waals surface area contributed by atoms with Crippen molar-refractivity contribution in [2.75, 3.05) is 0 Å². The molecule has 0 fully saturated rings. The van der Waals surface area contributed by atoms with Crippen molar-refractivity contribution in [2.45, 2.75) is 6.04 Å². The van der Waals surface area contributed by atoms with E-state index in [-0.39, 0.29) is 6.04 Å². The summed E-state index contributed by atoms with van der Waals surface area (Å²) in [7, 11) is 0. The van der Waals surface area contributed by atoms with E-state index in [0.29, 0.717) is 0 Å². The van der Waals surface area contributed by atoms with Crippen LogP contribution in [-0.2, 0) is 0 Å². The largest absolute Gasteiger partial charge is 0.318 e. The van der Waals surface area contributed by atoms with Gasteiger partial charge >= 0.3 is 0 Å². The Labute approximate surface area is 108 Å². The second kappa shape index (κ2) is 4.67.